The zero-order chi connectivity index (χ0) is 29.3. The van der Waals surface area contributed by atoms with Gasteiger partial charge in [0.05, 0.1) is 11.7 Å². The Morgan fingerprint density at radius 1 is 1.00 bits per heavy atom. The summed E-state index contributed by atoms with van der Waals surface area (Å²) in [7, 11) is -2.01. The first kappa shape index (κ1) is 30.0. The van der Waals surface area contributed by atoms with Gasteiger partial charge in [-0.3, -0.25) is 4.98 Å². The van der Waals surface area contributed by atoms with E-state index >= 15 is 0 Å². The Morgan fingerprint density at radius 2 is 1.62 bits per heavy atom. The average molecular weight is 562 g/mol. The summed E-state index contributed by atoms with van der Waals surface area (Å²) in [5, 5.41) is 0.158. The topological polar surface area (TPSA) is 31.4 Å². The lowest BCUT2D eigenvalue weighted by Crippen LogP contribution is -2.44. The molecule has 1 aliphatic heterocycles. The van der Waals surface area contributed by atoms with Crippen molar-refractivity contribution in [1.82, 2.24) is 4.98 Å². The van der Waals surface area contributed by atoms with E-state index < -0.39 is 8.32 Å². The van der Waals surface area contributed by atoms with E-state index in [0.29, 0.717) is 11.8 Å². The van der Waals surface area contributed by atoms with Crippen molar-refractivity contribution in [3.8, 4) is 0 Å². The van der Waals surface area contributed by atoms with Crippen LogP contribution in [0, 0.1) is 11.3 Å². The molecule has 1 fully saturated rings. The van der Waals surface area contributed by atoms with Crippen LogP contribution in [0.2, 0.25) is 18.1 Å². The highest BCUT2D eigenvalue weighted by molar-refractivity contribution is 6.74. The van der Waals surface area contributed by atoms with Gasteiger partial charge in [0.2, 0.25) is 0 Å². The second kappa shape index (κ2) is 10.3. The first-order chi connectivity index (χ1) is 18.5. The third kappa shape index (κ3) is 5.38. The minimum Gasteiger partial charge on any atom is -0.410 e. The molecule has 2 aliphatic carbocycles. The molecule has 0 saturated heterocycles. The Kier molecular flexibility index (Phi) is 7.76. The first-order valence-corrected chi connectivity index (χ1v) is 19.0. The summed E-state index contributed by atoms with van der Waals surface area (Å²) in [6, 6.07) is 9.31. The number of hydrogen-bond donors (Lipinski definition) is 0. The SMILES string of the molecule is CC(C)Cc1ccc([C@H]2OC3(CCCC3)c3c2c(C(C)C)nc2c3[C@@H](O[Si](C)(C)C(C)(C)C)CC(C)(C)C2)cc1. The van der Waals surface area contributed by atoms with Crippen LogP contribution in [0.1, 0.15) is 152 Å². The summed E-state index contributed by atoms with van der Waals surface area (Å²) in [5.41, 5.74) is 9.41. The predicted octanol–water partition coefficient (Wildman–Crippen LogP) is 10.3. The molecule has 2 atom stereocenters. The van der Waals surface area contributed by atoms with Crippen LogP contribution in [0.15, 0.2) is 24.3 Å². The number of rotatable bonds is 6. The van der Waals surface area contributed by atoms with Gasteiger partial charge in [-0.15, -0.1) is 0 Å². The van der Waals surface area contributed by atoms with Gasteiger partial charge in [0.1, 0.15) is 6.10 Å². The van der Waals surface area contributed by atoms with Crippen LogP contribution in [-0.2, 0) is 27.6 Å². The van der Waals surface area contributed by atoms with Gasteiger partial charge in [-0.2, -0.15) is 0 Å². The Balaban J connectivity index is 1.72. The second-order valence-electron chi connectivity index (χ2n) is 16.3. The molecule has 0 amide bonds. The summed E-state index contributed by atoms with van der Waals surface area (Å²) in [5.74, 6) is 0.994. The van der Waals surface area contributed by atoms with Crippen molar-refractivity contribution in [3.63, 3.8) is 0 Å². The van der Waals surface area contributed by atoms with E-state index in [1.807, 2.05) is 0 Å². The Bertz CT molecular complexity index is 1230. The van der Waals surface area contributed by atoms with E-state index in [4.69, 9.17) is 14.1 Å². The van der Waals surface area contributed by atoms with E-state index in [-0.39, 0.29) is 28.3 Å². The summed E-state index contributed by atoms with van der Waals surface area (Å²) in [6.07, 6.45) is 7.86. The molecule has 0 bridgehead atoms. The zero-order valence-electron chi connectivity index (χ0n) is 27.3. The van der Waals surface area contributed by atoms with Gasteiger partial charge in [-0.1, -0.05) is 99.4 Å². The molecule has 3 aliphatic rings. The molecular formula is C36H55NO2Si. The number of nitrogens with zero attached hydrogens (tertiary/aromatic N) is 1. The molecule has 2 aromatic rings. The van der Waals surface area contributed by atoms with Crippen molar-refractivity contribution in [2.45, 2.75) is 149 Å². The molecule has 1 saturated carbocycles. The lowest BCUT2D eigenvalue weighted by atomic mass is 9.70. The highest BCUT2D eigenvalue weighted by Gasteiger charge is 2.54. The fourth-order valence-electron chi connectivity index (χ4n) is 7.32. The van der Waals surface area contributed by atoms with Crippen molar-refractivity contribution < 1.29 is 9.16 Å². The second-order valence-corrected chi connectivity index (χ2v) is 21.0. The molecule has 4 heteroatoms. The Labute approximate surface area is 246 Å². The molecule has 0 radical (unpaired) electrons. The number of benzene rings is 1. The van der Waals surface area contributed by atoms with Gasteiger partial charge < -0.3 is 9.16 Å². The van der Waals surface area contributed by atoms with E-state index in [1.165, 1.54) is 52.0 Å². The molecule has 1 aromatic carbocycles. The fraction of sp³-hybridized carbons (Fsp3) is 0.694. The van der Waals surface area contributed by atoms with Crippen LogP contribution in [-0.4, -0.2) is 13.3 Å². The molecule has 40 heavy (non-hydrogen) atoms. The van der Waals surface area contributed by atoms with E-state index in [9.17, 15) is 0 Å². The van der Waals surface area contributed by atoms with Gasteiger partial charge in [0.15, 0.2) is 8.32 Å². The lowest BCUT2D eigenvalue weighted by Gasteiger charge is -2.45. The summed E-state index contributed by atoms with van der Waals surface area (Å²) < 4.78 is 14.7. The van der Waals surface area contributed by atoms with Crippen LogP contribution in [0.25, 0.3) is 0 Å². The Hall–Kier alpha value is -1.49. The van der Waals surface area contributed by atoms with Crippen LogP contribution in [0.3, 0.4) is 0 Å². The largest absolute Gasteiger partial charge is 0.410 e. The molecule has 1 aromatic heterocycles. The van der Waals surface area contributed by atoms with Gasteiger partial charge in [-0.05, 0) is 84.2 Å². The molecule has 5 rings (SSSR count). The number of fused-ring (bicyclic) bond motifs is 4. The maximum Gasteiger partial charge on any atom is 0.192 e. The number of ether oxygens (including phenoxy) is 1. The lowest BCUT2D eigenvalue weighted by molar-refractivity contribution is -0.0579. The summed E-state index contributed by atoms with van der Waals surface area (Å²) >= 11 is 0. The third-order valence-corrected chi connectivity index (χ3v) is 14.8. The minimum absolute atomic E-state index is 0.0557. The number of hydrogen-bond acceptors (Lipinski definition) is 3. The van der Waals surface area contributed by atoms with E-state index in [0.717, 1.165) is 32.1 Å². The average Bonchev–Trinajstić information content (AvgIpc) is 3.42. The molecule has 1 spiro atoms. The number of pyridine rings is 1. The number of aromatic nitrogens is 1. The summed E-state index contributed by atoms with van der Waals surface area (Å²) in [6.45, 7) is 25.9. The van der Waals surface area contributed by atoms with Crippen LogP contribution < -0.4 is 0 Å². The maximum atomic E-state index is 7.37. The van der Waals surface area contributed by atoms with E-state index in [2.05, 4.69) is 99.7 Å². The smallest absolute Gasteiger partial charge is 0.192 e. The molecule has 0 unspecified atom stereocenters. The van der Waals surface area contributed by atoms with Crippen LogP contribution in [0.5, 0.6) is 0 Å². The summed E-state index contributed by atoms with van der Waals surface area (Å²) in [4.78, 5) is 5.57. The van der Waals surface area contributed by atoms with Gasteiger partial charge in [0, 0.05) is 22.5 Å². The minimum atomic E-state index is -2.01. The first-order valence-electron chi connectivity index (χ1n) is 16.1. The highest BCUT2D eigenvalue weighted by Crippen LogP contribution is 2.60. The molecule has 0 N–H and O–H groups in total. The van der Waals surface area contributed by atoms with E-state index in [1.54, 1.807) is 0 Å². The normalized spacial score (nSPS) is 23.7. The molecule has 220 valence electrons. The quantitative estimate of drug-likeness (QED) is 0.329. The third-order valence-electron chi connectivity index (χ3n) is 10.3. The van der Waals surface area contributed by atoms with Crippen molar-refractivity contribution in [2.24, 2.45) is 11.3 Å². The molecular weight excluding hydrogens is 506 g/mol. The van der Waals surface area contributed by atoms with Crippen LogP contribution >= 0.6 is 0 Å². The van der Waals surface area contributed by atoms with Crippen LogP contribution in [0.4, 0.5) is 0 Å². The van der Waals surface area contributed by atoms with Gasteiger partial charge >= 0.3 is 0 Å². The molecule has 3 nitrogen and oxygen atoms in total. The van der Waals surface area contributed by atoms with Crippen molar-refractivity contribution in [3.05, 3.63) is 63.5 Å². The Morgan fingerprint density at radius 3 is 2.17 bits per heavy atom. The molecule has 2 heterocycles. The zero-order valence-corrected chi connectivity index (χ0v) is 28.3. The highest BCUT2D eigenvalue weighted by atomic mass is 28.4. The predicted molar refractivity (Wildman–Crippen MR) is 170 cm³/mol. The van der Waals surface area contributed by atoms with Crippen molar-refractivity contribution >= 4 is 8.32 Å². The van der Waals surface area contributed by atoms with Gasteiger partial charge in [0.25, 0.3) is 0 Å². The maximum absolute atomic E-state index is 7.37. The fourth-order valence-corrected chi connectivity index (χ4v) is 8.58. The monoisotopic (exact) mass is 561 g/mol. The van der Waals surface area contributed by atoms with Gasteiger partial charge in [-0.25, -0.2) is 0 Å². The van der Waals surface area contributed by atoms with Crippen molar-refractivity contribution in [2.75, 3.05) is 0 Å². The standard InChI is InChI=1S/C36H55NO2Si/c1-23(2)20-25-14-16-26(17-15-25)33-30-31(36(38-33)18-12-13-19-36)29-27(37-32(30)24(3)4)21-35(8,9)22-28(29)39-40(10,11)34(5,6)7/h14-17,23-24,28,33H,12-13,18-22H2,1-11H3/t28-,33+/m0/s1. The van der Waals surface area contributed by atoms with Crippen molar-refractivity contribution in [1.29, 1.82) is 0 Å².